The minimum atomic E-state index is -0.428. The van der Waals surface area contributed by atoms with Crippen LogP contribution < -0.4 is 5.32 Å². The Labute approximate surface area is 128 Å². The lowest BCUT2D eigenvalue weighted by molar-refractivity contribution is 0.0205. The van der Waals surface area contributed by atoms with Crippen LogP contribution in [0.25, 0.3) is 0 Å². The van der Waals surface area contributed by atoms with E-state index in [1.807, 2.05) is 25.7 Å². The van der Waals surface area contributed by atoms with Gasteiger partial charge in [-0.15, -0.1) is 0 Å². The summed E-state index contributed by atoms with van der Waals surface area (Å²) in [6.45, 7) is 8.97. The van der Waals surface area contributed by atoms with E-state index in [4.69, 9.17) is 9.84 Å². The largest absolute Gasteiger partial charge is 0.444 e. The summed E-state index contributed by atoms with van der Waals surface area (Å²) in [6.07, 6.45) is 3.89. The van der Waals surface area contributed by atoms with Gasteiger partial charge in [0.1, 0.15) is 5.60 Å². The highest BCUT2D eigenvalue weighted by Gasteiger charge is 2.49. The van der Waals surface area contributed by atoms with Crippen LogP contribution in [0.5, 0.6) is 0 Å². The Balaban J connectivity index is 1.88. The number of aliphatic hydroxyl groups excluding tert-OH is 1. The molecule has 2 N–H and O–H groups in total. The van der Waals surface area contributed by atoms with Crippen LogP contribution in [0.1, 0.15) is 53.4 Å². The molecule has 5 nitrogen and oxygen atoms in total. The minimum absolute atomic E-state index is 0.152. The highest BCUT2D eigenvalue weighted by molar-refractivity contribution is 5.70. The van der Waals surface area contributed by atoms with Gasteiger partial charge in [-0.05, 0) is 59.3 Å². The van der Waals surface area contributed by atoms with Crippen molar-refractivity contribution in [1.82, 2.24) is 10.2 Å². The van der Waals surface area contributed by atoms with Crippen molar-refractivity contribution in [2.24, 2.45) is 5.92 Å². The van der Waals surface area contributed by atoms with Gasteiger partial charge < -0.3 is 20.1 Å². The predicted molar refractivity (Wildman–Crippen MR) is 82.2 cm³/mol. The summed E-state index contributed by atoms with van der Waals surface area (Å²) in [5, 5.41) is 12.4. The van der Waals surface area contributed by atoms with Crippen molar-refractivity contribution in [1.29, 1.82) is 0 Å². The fraction of sp³-hybridized carbons (Fsp3) is 0.938. The van der Waals surface area contributed by atoms with Crippen LogP contribution in [0.15, 0.2) is 0 Å². The van der Waals surface area contributed by atoms with Gasteiger partial charge in [0.05, 0.1) is 0 Å². The quantitative estimate of drug-likeness (QED) is 0.816. The number of aliphatic hydroxyl groups is 1. The van der Waals surface area contributed by atoms with Crippen LogP contribution >= 0.6 is 0 Å². The topological polar surface area (TPSA) is 61.8 Å². The van der Waals surface area contributed by atoms with Gasteiger partial charge in [-0.1, -0.05) is 0 Å². The molecule has 0 radical (unpaired) electrons. The Morgan fingerprint density at radius 3 is 2.76 bits per heavy atom. The molecule has 5 heteroatoms. The number of rotatable bonds is 5. The lowest BCUT2D eigenvalue weighted by atomic mass is 9.89. The molecular formula is C16H30N2O3. The van der Waals surface area contributed by atoms with Gasteiger partial charge in [-0.25, -0.2) is 4.79 Å². The van der Waals surface area contributed by atoms with Crippen LogP contribution in [0, 0.1) is 5.92 Å². The number of hydrogen-bond acceptors (Lipinski definition) is 4. The molecule has 0 aromatic heterocycles. The zero-order valence-corrected chi connectivity index (χ0v) is 13.8. The Hall–Kier alpha value is -0.810. The third kappa shape index (κ3) is 4.10. The Kier molecular flexibility index (Phi) is 5.15. The van der Waals surface area contributed by atoms with Crippen molar-refractivity contribution >= 4 is 6.09 Å². The molecule has 2 heterocycles. The summed E-state index contributed by atoms with van der Waals surface area (Å²) in [5.41, 5.74) is -0.428. The third-order valence-corrected chi connectivity index (χ3v) is 4.56. The lowest BCUT2D eigenvalue weighted by Gasteiger charge is -2.28. The molecular weight excluding hydrogens is 268 g/mol. The standard InChI is InChI=1S/C16H30N2O3/c1-11(7-8-19)17-10-12-9-13-5-6-14(12)18(13)15(20)21-16(2,3)4/h11-14,17,19H,5-10H2,1-4H3. The molecule has 122 valence electrons. The summed E-state index contributed by atoms with van der Waals surface area (Å²) >= 11 is 0. The predicted octanol–water partition coefficient (Wildman–Crippen LogP) is 2.13. The molecule has 0 aliphatic carbocycles. The number of fused-ring (bicyclic) bond motifs is 2. The van der Waals surface area contributed by atoms with Crippen LogP contribution in [-0.2, 0) is 4.74 Å². The van der Waals surface area contributed by atoms with E-state index in [0.717, 1.165) is 32.2 Å². The molecule has 2 bridgehead atoms. The Bertz CT molecular complexity index is 367. The van der Waals surface area contributed by atoms with Crippen molar-refractivity contribution < 1.29 is 14.6 Å². The number of carbonyl (C=O) groups excluding carboxylic acids is 1. The number of hydrogen-bond donors (Lipinski definition) is 2. The molecule has 2 fully saturated rings. The van der Waals surface area contributed by atoms with Crippen LogP contribution in [-0.4, -0.2) is 53.0 Å². The average molecular weight is 298 g/mol. The van der Waals surface area contributed by atoms with E-state index in [-0.39, 0.29) is 12.7 Å². The van der Waals surface area contributed by atoms with Gasteiger partial charge in [-0.2, -0.15) is 0 Å². The van der Waals surface area contributed by atoms with Crippen molar-refractivity contribution in [3.8, 4) is 0 Å². The molecule has 4 atom stereocenters. The maximum Gasteiger partial charge on any atom is 0.410 e. The first kappa shape index (κ1) is 16.6. The van der Waals surface area contributed by atoms with Crippen molar-refractivity contribution in [3.63, 3.8) is 0 Å². The molecule has 2 saturated heterocycles. The first-order valence-electron chi connectivity index (χ1n) is 8.17. The van der Waals surface area contributed by atoms with Crippen molar-refractivity contribution in [2.75, 3.05) is 13.2 Å². The summed E-state index contributed by atoms with van der Waals surface area (Å²) in [6, 6.07) is 0.993. The smallest absolute Gasteiger partial charge is 0.410 e. The highest BCUT2D eigenvalue weighted by Crippen LogP contribution is 2.42. The second-order valence-corrected chi connectivity index (χ2v) is 7.50. The molecule has 2 rings (SSSR count). The maximum absolute atomic E-state index is 12.4. The zero-order valence-electron chi connectivity index (χ0n) is 13.8. The van der Waals surface area contributed by atoms with Gasteiger partial charge >= 0.3 is 6.09 Å². The Morgan fingerprint density at radius 2 is 2.14 bits per heavy atom. The van der Waals surface area contributed by atoms with Gasteiger partial charge in [-0.3, -0.25) is 0 Å². The average Bonchev–Trinajstić information content (AvgIpc) is 2.91. The van der Waals surface area contributed by atoms with Gasteiger partial charge in [0.25, 0.3) is 0 Å². The minimum Gasteiger partial charge on any atom is -0.444 e. The molecule has 0 spiro atoms. The summed E-state index contributed by atoms with van der Waals surface area (Å²) in [5.74, 6) is 0.511. The molecule has 0 aromatic carbocycles. The van der Waals surface area contributed by atoms with Crippen LogP contribution in [0.4, 0.5) is 4.79 Å². The van der Waals surface area contributed by atoms with E-state index in [1.165, 1.54) is 0 Å². The van der Waals surface area contributed by atoms with E-state index in [1.54, 1.807) is 0 Å². The third-order valence-electron chi connectivity index (χ3n) is 4.56. The fourth-order valence-corrected chi connectivity index (χ4v) is 3.58. The maximum atomic E-state index is 12.4. The highest BCUT2D eigenvalue weighted by atomic mass is 16.6. The van der Waals surface area contributed by atoms with Gasteiger partial charge in [0.15, 0.2) is 0 Å². The molecule has 2 aliphatic heterocycles. The second kappa shape index (κ2) is 6.53. The van der Waals surface area contributed by atoms with Crippen molar-refractivity contribution in [2.45, 2.75) is 77.1 Å². The number of nitrogens with zero attached hydrogens (tertiary/aromatic N) is 1. The molecule has 1 amide bonds. The number of carbonyl (C=O) groups is 1. The summed E-state index contributed by atoms with van der Waals surface area (Å²) < 4.78 is 5.55. The number of ether oxygens (including phenoxy) is 1. The first-order chi connectivity index (χ1) is 9.81. The molecule has 4 unspecified atom stereocenters. The normalized spacial score (nSPS) is 29.8. The van der Waals surface area contributed by atoms with E-state index in [9.17, 15) is 4.79 Å². The van der Waals surface area contributed by atoms with E-state index in [2.05, 4.69) is 12.2 Å². The fourth-order valence-electron chi connectivity index (χ4n) is 3.58. The second-order valence-electron chi connectivity index (χ2n) is 7.50. The van der Waals surface area contributed by atoms with E-state index >= 15 is 0 Å². The Morgan fingerprint density at radius 1 is 1.43 bits per heavy atom. The molecule has 0 saturated carbocycles. The first-order valence-corrected chi connectivity index (χ1v) is 8.17. The zero-order chi connectivity index (χ0) is 15.6. The molecule has 2 aliphatic rings. The monoisotopic (exact) mass is 298 g/mol. The lowest BCUT2D eigenvalue weighted by Crippen LogP contribution is -2.42. The van der Waals surface area contributed by atoms with E-state index in [0.29, 0.717) is 24.0 Å². The van der Waals surface area contributed by atoms with E-state index < -0.39 is 5.60 Å². The summed E-state index contributed by atoms with van der Waals surface area (Å²) in [4.78, 5) is 14.3. The number of amides is 1. The number of nitrogens with one attached hydrogen (secondary N) is 1. The molecule has 21 heavy (non-hydrogen) atoms. The SMILES string of the molecule is CC(CCO)NCC1CC2CCC1N2C(=O)OC(C)(C)C. The summed E-state index contributed by atoms with van der Waals surface area (Å²) in [7, 11) is 0. The van der Waals surface area contributed by atoms with Gasteiger partial charge in [0, 0.05) is 31.3 Å². The molecule has 0 aromatic rings. The van der Waals surface area contributed by atoms with Crippen LogP contribution in [0.2, 0.25) is 0 Å². The van der Waals surface area contributed by atoms with Crippen LogP contribution in [0.3, 0.4) is 0 Å². The van der Waals surface area contributed by atoms with Gasteiger partial charge in [0.2, 0.25) is 0 Å². The van der Waals surface area contributed by atoms with Crippen molar-refractivity contribution in [3.05, 3.63) is 0 Å².